The maximum Gasteiger partial charge on any atom is 0.305 e. The summed E-state index contributed by atoms with van der Waals surface area (Å²) in [5.74, 6) is 3.18. The van der Waals surface area contributed by atoms with Crippen LogP contribution in [0.2, 0.25) is 0 Å². The quantitative estimate of drug-likeness (QED) is 0.0590. The Morgan fingerprint density at radius 3 is 0.926 bits per heavy atom. The fourth-order valence-corrected chi connectivity index (χ4v) is 3.43. The van der Waals surface area contributed by atoms with Gasteiger partial charge in [-0.3, -0.25) is 28.8 Å². The van der Waals surface area contributed by atoms with E-state index in [9.17, 15) is 28.8 Å². The highest BCUT2D eigenvalue weighted by Crippen LogP contribution is 2.22. The Labute approximate surface area is 320 Å². The van der Waals surface area contributed by atoms with Crippen LogP contribution in [0.15, 0.2) is 0 Å². The van der Waals surface area contributed by atoms with Gasteiger partial charge in [-0.1, -0.05) is 48.5 Å². The molecule has 0 unspecified atom stereocenters. The lowest BCUT2D eigenvalue weighted by molar-refractivity contribution is -0.160. The highest BCUT2D eigenvalue weighted by molar-refractivity contribution is 5.71. The van der Waals surface area contributed by atoms with Crippen LogP contribution in [0.4, 0.5) is 0 Å². The topological polar surface area (TPSA) is 239 Å². The molecule has 0 aromatic heterocycles. The summed E-state index contributed by atoms with van der Waals surface area (Å²) in [6.45, 7) is 14.1. The number of rotatable bonds is 24. The van der Waals surface area contributed by atoms with Crippen LogP contribution in [-0.4, -0.2) is 99.6 Å². The molecule has 0 amide bonds. The summed E-state index contributed by atoms with van der Waals surface area (Å²) >= 11 is 0. The molecule has 4 N–H and O–H groups in total. The zero-order valence-corrected chi connectivity index (χ0v) is 33.4. The zero-order chi connectivity index (χ0) is 39.7. The molecule has 0 saturated carbocycles. The van der Waals surface area contributed by atoms with Crippen LogP contribution in [0.3, 0.4) is 0 Å². The van der Waals surface area contributed by atoms with E-state index < -0.39 is 28.7 Å². The normalized spacial score (nSPS) is 9.93. The van der Waals surface area contributed by atoms with E-state index in [4.69, 9.17) is 37.9 Å². The van der Waals surface area contributed by atoms with Gasteiger partial charge in [-0.2, -0.15) is 0 Å². The van der Waals surface area contributed by atoms with Crippen molar-refractivity contribution >= 4 is 35.8 Å². The van der Waals surface area contributed by atoms with Crippen molar-refractivity contribution in [1.82, 2.24) is 0 Å². The van der Waals surface area contributed by atoms with E-state index >= 15 is 0 Å². The summed E-state index contributed by atoms with van der Waals surface area (Å²) in [5, 5.41) is 0. The fraction of sp³-hybridized carbons (Fsp3) is 0.737. The molecule has 16 nitrogen and oxygen atoms in total. The summed E-state index contributed by atoms with van der Waals surface area (Å²) in [5.41, 5.74) is -2.35. The molecule has 54 heavy (non-hydrogen) atoms. The molecule has 0 atom stereocenters. The predicted octanol–water partition coefficient (Wildman–Crippen LogP) is 3.57. The van der Waals surface area contributed by atoms with Gasteiger partial charge in [-0.25, -0.2) is 0 Å². The molecule has 0 aliphatic carbocycles. The van der Waals surface area contributed by atoms with Crippen molar-refractivity contribution in [2.45, 2.75) is 120 Å². The Bertz CT molecular complexity index is 1090. The highest BCUT2D eigenvalue weighted by atomic mass is 16.6. The lowest BCUT2D eigenvalue weighted by atomic mass is 9.92. The number of carbonyl (C=O) groups excluding carboxylic acids is 6. The summed E-state index contributed by atoms with van der Waals surface area (Å²) in [7, 11) is 0. The first-order valence-corrected chi connectivity index (χ1v) is 18.1. The number of hydrogen-bond acceptors (Lipinski definition) is 14. The van der Waals surface area contributed by atoms with E-state index in [-0.39, 0.29) is 107 Å². The SMILES string of the molecule is CCCOC#CC(COC(=O)CCC)(COC(=O)CCC)COC(=O)CCC.CCOC#CC(COC(=O)CC)(COC(=O)CC)COC(=O)CC.O.O. The maximum atomic E-state index is 11.8. The van der Waals surface area contributed by atoms with E-state index in [1.54, 1.807) is 27.7 Å². The highest BCUT2D eigenvalue weighted by Gasteiger charge is 2.36. The van der Waals surface area contributed by atoms with Crippen LogP contribution in [0.1, 0.15) is 120 Å². The smallest absolute Gasteiger partial charge is 0.305 e. The third-order valence-electron chi connectivity index (χ3n) is 6.51. The minimum atomic E-state index is -1.18. The van der Waals surface area contributed by atoms with E-state index in [0.717, 1.165) is 6.42 Å². The molecule has 0 fully saturated rings. The number of carbonyl (C=O) groups is 6. The molecule has 0 spiro atoms. The molecule has 0 heterocycles. The first kappa shape index (κ1) is 56.2. The molecule has 16 heteroatoms. The molecule has 0 aromatic carbocycles. The monoisotopic (exact) mass is 776 g/mol. The molecule has 0 rings (SSSR count). The van der Waals surface area contributed by atoms with Crippen LogP contribution in [0.5, 0.6) is 0 Å². The van der Waals surface area contributed by atoms with Crippen LogP contribution >= 0.6 is 0 Å². The van der Waals surface area contributed by atoms with E-state index in [2.05, 4.69) is 24.1 Å². The van der Waals surface area contributed by atoms with E-state index in [0.29, 0.717) is 32.5 Å². The Morgan fingerprint density at radius 1 is 0.407 bits per heavy atom. The van der Waals surface area contributed by atoms with Crippen molar-refractivity contribution in [2.24, 2.45) is 10.8 Å². The van der Waals surface area contributed by atoms with E-state index in [1.807, 2.05) is 27.7 Å². The number of ether oxygens (including phenoxy) is 8. The average molecular weight is 777 g/mol. The van der Waals surface area contributed by atoms with Crippen LogP contribution in [0, 0.1) is 34.9 Å². The number of hydrogen-bond donors (Lipinski definition) is 0. The summed E-state index contributed by atoms with van der Waals surface area (Å²) in [6.07, 6.45) is 9.14. The third-order valence-corrected chi connectivity index (χ3v) is 6.51. The lowest BCUT2D eigenvalue weighted by Crippen LogP contribution is -2.38. The van der Waals surface area contributed by atoms with Crippen molar-refractivity contribution in [3.8, 4) is 24.1 Å². The molecular formula is C38H64O16. The van der Waals surface area contributed by atoms with Crippen LogP contribution in [0.25, 0.3) is 0 Å². The molecule has 0 bridgehead atoms. The summed E-state index contributed by atoms with van der Waals surface area (Å²) < 4.78 is 41.6. The van der Waals surface area contributed by atoms with Crippen molar-refractivity contribution in [1.29, 1.82) is 0 Å². The van der Waals surface area contributed by atoms with Gasteiger partial charge in [0.2, 0.25) is 0 Å². The lowest BCUT2D eigenvalue weighted by Gasteiger charge is -2.27. The van der Waals surface area contributed by atoms with Gasteiger partial charge in [0.05, 0.1) is 13.2 Å². The van der Waals surface area contributed by atoms with Crippen molar-refractivity contribution in [3.63, 3.8) is 0 Å². The first-order chi connectivity index (χ1) is 24.8. The van der Waals surface area contributed by atoms with Crippen molar-refractivity contribution < 1.29 is 77.6 Å². The zero-order valence-electron chi connectivity index (χ0n) is 33.4. The van der Waals surface area contributed by atoms with Gasteiger partial charge in [-0.05, 0) is 44.4 Å². The van der Waals surface area contributed by atoms with Gasteiger partial charge in [0.1, 0.15) is 62.7 Å². The van der Waals surface area contributed by atoms with Gasteiger partial charge in [0.15, 0.2) is 0 Å². The third kappa shape index (κ3) is 29.0. The van der Waals surface area contributed by atoms with Gasteiger partial charge in [-0.15, -0.1) is 0 Å². The van der Waals surface area contributed by atoms with Crippen molar-refractivity contribution in [2.75, 3.05) is 52.9 Å². The maximum absolute atomic E-state index is 11.8. The molecule has 0 saturated heterocycles. The minimum absolute atomic E-state index is 0. The molecule has 312 valence electrons. The van der Waals surface area contributed by atoms with Gasteiger partial charge in [0, 0.05) is 38.5 Å². The van der Waals surface area contributed by atoms with Crippen molar-refractivity contribution in [3.05, 3.63) is 0 Å². The molecule has 0 aliphatic heterocycles. The largest absolute Gasteiger partial charge is 0.464 e. The summed E-state index contributed by atoms with van der Waals surface area (Å²) in [4.78, 5) is 69.9. The minimum Gasteiger partial charge on any atom is -0.464 e. The Morgan fingerprint density at radius 2 is 0.685 bits per heavy atom. The first-order valence-electron chi connectivity index (χ1n) is 18.1. The Hall–Kier alpha value is -4.54. The Kier molecular flexibility index (Phi) is 36.9. The fourth-order valence-electron chi connectivity index (χ4n) is 3.43. The Balaban J connectivity index is -0.000000451. The molecule has 0 aromatic rings. The van der Waals surface area contributed by atoms with E-state index in [1.165, 1.54) is 0 Å². The van der Waals surface area contributed by atoms with Gasteiger partial charge in [0.25, 0.3) is 0 Å². The predicted molar refractivity (Wildman–Crippen MR) is 197 cm³/mol. The van der Waals surface area contributed by atoms with Gasteiger partial charge < -0.3 is 48.8 Å². The average Bonchev–Trinajstić information content (AvgIpc) is 3.14. The standard InChI is InChI=1S/C21H34O7.C17H26O7.2H2O/c1-5-9-18(22)26-15-21(12-14-25-13-8-4,16-27-19(23)10-6-2)17-28-20(24)11-7-3;1-5-14(18)22-11-17(9-10-21-8-4,12-23-15(19)6-2)13-24-16(20)7-3;;/h5-11,13,15-17H2,1-4H3;5-8,11-13H2,1-4H3;2*1H2. The molecule has 0 aliphatic rings. The van der Waals surface area contributed by atoms with Crippen LogP contribution in [-0.2, 0) is 66.7 Å². The number of esters is 6. The molecular weight excluding hydrogens is 712 g/mol. The second-order valence-electron chi connectivity index (χ2n) is 11.6. The second-order valence-corrected chi connectivity index (χ2v) is 11.6. The van der Waals surface area contributed by atoms with Crippen LogP contribution < -0.4 is 0 Å². The molecule has 0 radical (unpaired) electrons. The van der Waals surface area contributed by atoms with Gasteiger partial charge >= 0.3 is 35.8 Å². The summed E-state index contributed by atoms with van der Waals surface area (Å²) in [6, 6.07) is 0. The second kappa shape index (κ2) is 35.5.